The Balaban J connectivity index is 1.50. The molecule has 2 saturated heterocycles. The van der Waals surface area contributed by atoms with Crippen LogP contribution in [0, 0.1) is 18.7 Å². The summed E-state index contributed by atoms with van der Waals surface area (Å²) in [6, 6.07) is 11.7. The van der Waals surface area contributed by atoms with Crippen LogP contribution >= 0.6 is 11.6 Å². The molecule has 2 aliphatic heterocycles. The predicted octanol–water partition coefficient (Wildman–Crippen LogP) is 3.95. The molecule has 0 bridgehead atoms. The summed E-state index contributed by atoms with van der Waals surface area (Å²) in [6.45, 7) is 4.67. The van der Waals surface area contributed by atoms with Crippen LogP contribution in [0.15, 0.2) is 42.5 Å². The van der Waals surface area contributed by atoms with E-state index in [0.717, 1.165) is 0 Å². The summed E-state index contributed by atoms with van der Waals surface area (Å²) in [4.78, 5) is 29.6. The van der Waals surface area contributed by atoms with Crippen molar-refractivity contribution in [1.82, 2.24) is 9.80 Å². The Morgan fingerprint density at radius 1 is 1.12 bits per heavy atom. The van der Waals surface area contributed by atoms with Gasteiger partial charge in [0.1, 0.15) is 17.7 Å². The van der Waals surface area contributed by atoms with E-state index in [1.165, 1.54) is 6.07 Å². The second-order valence-electron chi connectivity index (χ2n) is 8.57. The number of nitrogens with zero attached hydrogens (tertiary/aromatic N) is 2. The fourth-order valence-corrected chi connectivity index (χ4v) is 4.52. The Kier molecular flexibility index (Phi) is 7.50. The number of carbonyl (C=O) groups excluding carboxylic acids is 2. The van der Waals surface area contributed by atoms with Crippen LogP contribution in [0.1, 0.15) is 28.8 Å². The molecule has 0 aliphatic carbocycles. The highest BCUT2D eigenvalue weighted by atomic mass is 35.5. The van der Waals surface area contributed by atoms with E-state index in [1.54, 1.807) is 41.0 Å². The van der Waals surface area contributed by atoms with Gasteiger partial charge in [-0.1, -0.05) is 23.7 Å². The smallest absolute Gasteiger partial charge is 0.253 e. The minimum atomic E-state index is -0.404. The summed E-state index contributed by atoms with van der Waals surface area (Å²) >= 11 is 6.11. The molecule has 6 nitrogen and oxygen atoms in total. The molecule has 4 rings (SSSR count). The van der Waals surface area contributed by atoms with Crippen LogP contribution in [-0.4, -0.2) is 67.1 Å². The number of hydrogen-bond acceptors (Lipinski definition) is 4. The molecular weight excluding hydrogens is 447 g/mol. The number of aryl methyl sites for hydroxylation is 1. The van der Waals surface area contributed by atoms with Crippen LogP contribution in [0.5, 0.6) is 5.75 Å². The van der Waals surface area contributed by atoms with Crippen molar-refractivity contribution in [1.29, 1.82) is 0 Å². The van der Waals surface area contributed by atoms with Crippen molar-refractivity contribution in [2.45, 2.75) is 25.9 Å². The van der Waals surface area contributed by atoms with Gasteiger partial charge in [-0.3, -0.25) is 9.59 Å². The first-order valence-electron chi connectivity index (χ1n) is 11.2. The van der Waals surface area contributed by atoms with Gasteiger partial charge in [-0.15, -0.1) is 0 Å². The molecule has 2 fully saturated rings. The van der Waals surface area contributed by atoms with Gasteiger partial charge in [-0.25, -0.2) is 4.39 Å². The number of hydrogen-bond donors (Lipinski definition) is 0. The number of benzene rings is 2. The van der Waals surface area contributed by atoms with Crippen LogP contribution < -0.4 is 4.74 Å². The average Bonchev–Trinajstić information content (AvgIpc) is 2.82. The van der Waals surface area contributed by atoms with Crippen LogP contribution in [0.3, 0.4) is 0 Å². The number of halogens is 2. The van der Waals surface area contributed by atoms with Crippen molar-refractivity contribution in [3.05, 3.63) is 64.4 Å². The summed E-state index contributed by atoms with van der Waals surface area (Å²) < 4.78 is 25.6. The number of amides is 2. The fourth-order valence-electron chi connectivity index (χ4n) is 4.34. The third kappa shape index (κ3) is 5.84. The maximum atomic E-state index is 14.0. The summed E-state index contributed by atoms with van der Waals surface area (Å²) in [5.74, 6) is -0.180. The second kappa shape index (κ2) is 10.5. The molecule has 2 aliphatic rings. The lowest BCUT2D eigenvalue weighted by molar-refractivity contribution is -0.137. The van der Waals surface area contributed by atoms with Crippen molar-refractivity contribution in [2.24, 2.45) is 5.92 Å². The molecule has 0 N–H and O–H groups in total. The fraction of sp³-hybridized carbons (Fsp3) is 0.440. The zero-order valence-electron chi connectivity index (χ0n) is 18.6. The highest BCUT2D eigenvalue weighted by molar-refractivity contribution is 6.30. The molecule has 0 saturated carbocycles. The van der Waals surface area contributed by atoms with E-state index in [9.17, 15) is 14.0 Å². The minimum absolute atomic E-state index is 0.0265. The molecule has 0 spiro atoms. The van der Waals surface area contributed by atoms with Gasteiger partial charge < -0.3 is 19.3 Å². The molecule has 2 aromatic rings. The van der Waals surface area contributed by atoms with E-state index in [4.69, 9.17) is 21.1 Å². The molecule has 0 unspecified atom stereocenters. The van der Waals surface area contributed by atoms with Crippen molar-refractivity contribution in [3.63, 3.8) is 0 Å². The van der Waals surface area contributed by atoms with E-state index < -0.39 is 5.82 Å². The van der Waals surface area contributed by atoms with Gasteiger partial charge in [0, 0.05) is 55.5 Å². The molecule has 8 heteroatoms. The van der Waals surface area contributed by atoms with E-state index in [-0.39, 0.29) is 30.3 Å². The van der Waals surface area contributed by atoms with Crippen molar-refractivity contribution in [3.8, 4) is 5.75 Å². The Hall–Kier alpha value is -2.64. The predicted molar refractivity (Wildman–Crippen MR) is 123 cm³/mol. The highest BCUT2D eigenvalue weighted by Gasteiger charge is 2.36. The number of ether oxygens (including phenoxy) is 2. The zero-order valence-corrected chi connectivity index (χ0v) is 19.4. The lowest BCUT2D eigenvalue weighted by Crippen LogP contribution is -2.50. The molecule has 2 amide bonds. The molecule has 0 aromatic heterocycles. The van der Waals surface area contributed by atoms with Crippen LogP contribution in [-0.2, 0) is 9.53 Å². The van der Waals surface area contributed by atoms with Gasteiger partial charge in [0.05, 0.1) is 13.2 Å². The lowest BCUT2D eigenvalue weighted by atomic mass is 9.90. The Morgan fingerprint density at radius 3 is 2.64 bits per heavy atom. The quantitative estimate of drug-likeness (QED) is 0.658. The van der Waals surface area contributed by atoms with Crippen molar-refractivity contribution in [2.75, 3.05) is 39.4 Å². The van der Waals surface area contributed by atoms with Crippen LogP contribution in [0.2, 0.25) is 5.02 Å². The topological polar surface area (TPSA) is 59.1 Å². The molecule has 2 aromatic carbocycles. The first-order chi connectivity index (χ1) is 15.9. The minimum Gasteiger partial charge on any atom is -0.490 e. The van der Waals surface area contributed by atoms with Gasteiger partial charge >= 0.3 is 0 Å². The lowest BCUT2D eigenvalue weighted by Gasteiger charge is -2.39. The molecule has 2 heterocycles. The van der Waals surface area contributed by atoms with Gasteiger partial charge in [-0.2, -0.15) is 0 Å². The molecule has 176 valence electrons. The van der Waals surface area contributed by atoms with Crippen LogP contribution in [0.25, 0.3) is 0 Å². The monoisotopic (exact) mass is 474 g/mol. The molecule has 33 heavy (non-hydrogen) atoms. The first kappa shape index (κ1) is 23.5. The summed E-state index contributed by atoms with van der Waals surface area (Å²) in [7, 11) is 0. The van der Waals surface area contributed by atoms with Gasteiger partial charge in [0.2, 0.25) is 5.91 Å². The zero-order chi connectivity index (χ0) is 23.4. The first-order valence-corrected chi connectivity index (χ1v) is 11.6. The van der Waals surface area contributed by atoms with Gasteiger partial charge in [-0.05, 0) is 42.8 Å². The third-order valence-electron chi connectivity index (χ3n) is 6.25. The average molecular weight is 475 g/mol. The standard InChI is InChI=1S/C25H28ClFN2O4/c1-17-5-6-18(13-22(17)27)25(31)29-8-7-23(33-21-4-2-3-20(26)15-21)19(16-29)14-24(30)28-9-11-32-12-10-28/h2-6,13,15,19,23H,7-12,14,16H2,1H3/t19-,23-/m0/s1. The maximum absolute atomic E-state index is 14.0. The number of rotatable bonds is 5. The largest absolute Gasteiger partial charge is 0.490 e. The molecular formula is C25H28ClFN2O4. The number of carbonyl (C=O) groups is 2. The van der Waals surface area contributed by atoms with E-state index in [0.29, 0.717) is 67.7 Å². The van der Waals surface area contributed by atoms with Gasteiger partial charge in [0.15, 0.2) is 0 Å². The van der Waals surface area contributed by atoms with Crippen molar-refractivity contribution < 1.29 is 23.5 Å². The Bertz CT molecular complexity index is 1010. The van der Waals surface area contributed by atoms with Crippen LogP contribution in [0.4, 0.5) is 4.39 Å². The molecule has 0 radical (unpaired) electrons. The van der Waals surface area contributed by atoms with E-state index >= 15 is 0 Å². The highest BCUT2D eigenvalue weighted by Crippen LogP contribution is 2.29. The maximum Gasteiger partial charge on any atom is 0.253 e. The summed E-state index contributed by atoms with van der Waals surface area (Å²) in [5, 5.41) is 0.572. The SMILES string of the molecule is Cc1ccc(C(=O)N2CC[C@H](Oc3cccc(Cl)c3)[C@@H](CC(=O)N3CCOCC3)C2)cc1F. The number of piperidine rings is 1. The van der Waals surface area contributed by atoms with E-state index in [2.05, 4.69) is 0 Å². The number of morpholine rings is 1. The van der Waals surface area contributed by atoms with Crippen molar-refractivity contribution >= 4 is 23.4 Å². The normalized spacial score (nSPS) is 21.1. The molecule has 2 atom stereocenters. The second-order valence-corrected chi connectivity index (χ2v) is 9.01. The van der Waals surface area contributed by atoms with Gasteiger partial charge in [0.25, 0.3) is 5.91 Å². The number of likely N-dealkylation sites (tertiary alicyclic amines) is 1. The Labute approximate surface area is 198 Å². The summed E-state index contributed by atoms with van der Waals surface area (Å²) in [6.07, 6.45) is 0.581. The summed E-state index contributed by atoms with van der Waals surface area (Å²) in [5.41, 5.74) is 0.805. The van der Waals surface area contributed by atoms with E-state index in [1.807, 2.05) is 12.1 Å². The third-order valence-corrected chi connectivity index (χ3v) is 6.49. The Morgan fingerprint density at radius 2 is 1.91 bits per heavy atom.